The fourth-order valence-electron chi connectivity index (χ4n) is 0.547. The molecule has 0 aliphatic rings. The molecule has 0 radical (unpaired) electrons. The van der Waals surface area contributed by atoms with Crippen molar-refractivity contribution in [3.63, 3.8) is 0 Å². The van der Waals surface area contributed by atoms with Crippen LogP contribution in [0.1, 0.15) is 10.4 Å². The Labute approximate surface area is 81.1 Å². The summed E-state index contributed by atoms with van der Waals surface area (Å²) in [5, 5.41) is 0. The average molecular weight is 319 g/mol. The Morgan fingerprint density at radius 1 is 1.55 bits per heavy atom. The number of benzene rings is 1. The van der Waals surface area contributed by atoms with Crippen LogP contribution in [0.2, 0.25) is 0 Å². The van der Waals surface area contributed by atoms with Crippen LogP contribution in [0.3, 0.4) is 0 Å². The Bertz CT molecular complexity index is 211. The molecule has 0 bridgehead atoms. The van der Waals surface area contributed by atoms with Crippen molar-refractivity contribution in [3.05, 3.63) is 43.3 Å². The van der Waals surface area contributed by atoms with Crippen LogP contribution in [-0.2, 0) is 21.1 Å². The van der Waals surface area contributed by atoms with Crippen molar-refractivity contribution in [2.75, 3.05) is 0 Å². The van der Waals surface area contributed by atoms with Crippen LogP contribution in [0, 0.1) is 13.5 Å². The fraction of sp³-hybridized carbons (Fsp3) is 0. The Morgan fingerprint density at radius 3 is 2.45 bits per heavy atom. The van der Waals surface area contributed by atoms with Gasteiger partial charge in [0.2, 0.25) is 0 Å². The van der Waals surface area contributed by atoms with E-state index in [1.165, 1.54) is 0 Å². The summed E-state index contributed by atoms with van der Waals surface area (Å²) in [5.74, 6) is -0.410. The third-order valence-corrected chi connectivity index (χ3v) is 0.992. The van der Waals surface area contributed by atoms with Crippen LogP contribution in [0.25, 0.3) is 0 Å². The van der Waals surface area contributed by atoms with E-state index < -0.39 is 5.91 Å². The molecule has 0 aliphatic carbocycles. The topological polar surface area (TPSA) is 43.1 Å². The minimum Gasteiger partial charge on any atom is -0.376 e. The van der Waals surface area contributed by atoms with E-state index in [9.17, 15) is 4.79 Å². The van der Waals surface area contributed by atoms with E-state index in [1.54, 1.807) is 24.3 Å². The number of hydrogen-bond acceptors (Lipinski definition) is 1. The van der Waals surface area contributed by atoms with E-state index in [2.05, 4.69) is 6.07 Å². The zero-order valence-corrected chi connectivity index (χ0v) is 9.14. The largest absolute Gasteiger partial charge is 2.00 e. The maximum absolute atomic E-state index is 10.4. The van der Waals surface area contributed by atoms with Gasteiger partial charge in [-0.05, 0) is 0 Å². The van der Waals surface area contributed by atoms with Gasteiger partial charge in [-0.25, -0.2) is 0 Å². The predicted molar refractivity (Wildman–Crippen MR) is 40.2 cm³/mol. The molecule has 2 nitrogen and oxygen atoms in total. The SMILES string of the molecule is NC(=O)c1c[c-]ccc1.[CH3-].[W+2]. The molecule has 58 valence electrons. The molecule has 1 aromatic carbocycles. The molecule has 1 amide bonds. The van der Waals surface area contributed by atoms with Crippen LogP contribution in [-0.4, -0.2) is 5.91 Å². The van der Waals surface area contributed by atoms with Crippen LogP contribution < -0.4 is 5.73 Å². The molecular formula is C8H9NOW. The van der Waals surface area contributed by atoms with E-state index in [-0.39, 0.29) is 28.5 Å². The van der Waals surface area contributed by atoms with Crippen molar-refractivity contribution in [2.45, 2.75) is 0 Å². The third-order valence-electron chi connectivity index (χ3n) is 0.992. The van der Waals surface area contributed by atoms with Crippen LogP contribution >= 0.6 is 0 Å². The molecule has 3 heteroatoms. The second-order valence-electron chi connectivity index (χ2n) is 1.66. The predicted octanol–water partition coefficient (Wildman–Crippen LogP) is 1.03. The van der Waals surface area contributed by atoms with Crippen molar-refractivity contribution in [1.82, 2.24) is 0 Å². The van der Waals surface area contributed by atoms with Crippen LogP contribution in [0.15, 0.2) is 24.3 Å². The maximum atomic E-state index is 10.4. The molecular weight excluding hydrogens is 310 g/mol. The molecule has 2 N–H and O–H groups in total. The molecule has 1 aromatic rings. The summed E-state index contributed by atoms with van der Waals surface area (Å²) < 4.78 is 0. The molecule has 0 saturated heterocycles. The first-order valence-electron chi connectivity index (χ1n) is 2.56. The molecule has 0 unspecified atom stereocenters. The Hall–Kier alpha value is -0.622. The maximum Gasteiger partial charge on any atom is 2.00 e. The van der Waals surface area contributed by atoms with Gasteiger partial charge in [0.1, 0.15) is 0 Å². The monoisotopic (exact) mass is 319 g/mol. The number of hydrogen-bond donors (Lipinski definition) is 1. The second-order valence-corrected chi connectivity index (χ2v) is 1.66. The molecule has 0 aromatic heterocycles. The first-order chi connectivity index (χ1) is 4.30. The number of primary amides is 1. The van der Waals surface area contributed by atoms with E-state index in [1.807, 2.05) is 0 Å². The van der Waals surface area contributed by atoms with Crippen molar-refractivity contribution in [2.24, 2.45) is 5.73 Å². The normalized spacial score (nSPS) is 7.27. The van der Waals surface area contributed by atoms with Crippen LogP contribution in [0.4, 0.5) is 0 Å². The van der Waals surface area contributed by atoms with Gasteiger partial charge < -0.3 is 13.2 Å². The number of carbonyl (C=O) groups is 1. The molecule has 0 spiro atoms. The summed E-state index contributed by atoms with van der Waals surface area (Å²) in [5.41, 5.74) is 5.45. The smallest absolute Gasteiger partial charge is 0.376 e. The standard InChI is InChI=1S/C7H6NO.CH3.W/c8-7(9)6-4-2-1-3-5-6;;/h1-2,4-5H,(H2,8,9);1H3;/q2*-1;+2. The van der Waals surface area contributed by atoms with Gasteiger partial charge in [0.15, 0.2) is 5.91 Å². The summed E-state index contributed by atoms with van der Waals surface area (Å²) in [6, 6.07) is 9.39. The van der Waals surface area contributed by atoms with Crippen LogP contribution in [0.5, 0.6) is 0 Å². The van der Waals surface area contributed by atoms with Crippen molar-refractivity contribution >= 4 is 5.91 Å². The zero-order valence-electron chi connectivity index (χ0n) is 6.20. The van der Waals surface area contributed by atoms with Crippen molar-refractivity contribution < 1.29 is 25.9 Å². The third kappa shape index (κ3) is 3.94. The number of rotatable bonds is 1. The average Bonchev–Trinajstić information content (AvgIpc) is 1.90. The van der Waals surface area contributed by atoms with Gasteiger partial charge >= 0.3 is 21.1 Å². The zero-order chi connectivity index (χ0) is 6.69. The number of amides is 1. The molecule has 0 heterocycles. The first-order valence-corrected chi connectivity index (χ1v) is 2.56. The van der Waals surface area contributed by atoms with Gasteiger partial charge in [-0.15, -0.1) is 0 Å². The molecule has 0 aliphatic heterocycles. The minimum absolute atomic E-state index is 0. The molecule has 0 atom stereocenters. The van der Waals surface area contributed by atoms with Gasteiger partial charge in [-0.3, -0.25) is 4.79 Å². The van der Waals surface area contributed by atoms with Crippen molar-refractivity contribution in [3.8, 4) is 0 Å². The van der Waals surface area contributed by atoms with Gasteiger partial charge in [0.05, 0.1) is 0 Å². The van der Waals surface area contributed by atoms with Gasteiger partial charge in [0, 0.05) is 0 Å². The van der Waals surface area contributed by atoms with E-state index in [4.69, 9.17) is 5.73 Å². The number of nitrogens with two attached hydrogens (primary N) is 1. The van der Waals surface area contributed by atoms with E-state index in [0.29, 0.717) is 5.56 Å². The molecule has 0 saturated carbocycles. The van der Waals surface area contributed by atoms with E-state index >= 15 is 0 Å². The molecule has 0 fully saturated rings. The summed E-state index contributed by atoms with van der Waals surface area (Å²) >= 11 is 0. The number of carbonyl (C=O) groups excluding carboxylic acids is 1. The minimum atomic E-state index is -0.410. The molecule has 11 heavy (non-hydrogen) atoms. The second kappa shape index (κ2) is 6.11. The summed E-state index contributed by atoms with van der Waals surface area (Å²) in [4.78, 5) is 10.4. The summed E-state index contributed by atoms with van der Waals surface area (Å²) in [7, 11) is 0. The first kappa shape index (κ1) is 13.0. The van der Waals surface area contributed by atoms with Gasteiger partial charge in [-0.1, -0.05) is 5.56 Å². The molecule has 1 rings (SSSR count). The van der Waals surface area contributed by atoms with E-state index in [0.717, 1.165) is 0 Å². The fourth-order valence-corrected chi connectivity index (χ4v) is 0.547. The Balaban J connectivity index is 0. The van der Waals surface area contributed by atoms with Gasteiger partial charge in [-0.2, -0.15) is 30.3 Å². The summed E-state index contributed by atoms with van der Waals surface area (Å²) in [6.07, 6.45) is 0. The van der Waals surface area contributed by atoms with Gasteiger partial charge in [0.25, 0.3) is 0 Å². The quantitative estimate of drug-likeness (QED) is 0.772. The summed E-state index contributed by atoms with van der Waals surface area (Å²) in [6.45, 7) is 0. The van der Waals surface area contributed by atoms with Crippen molar-refractivity contribution in [1.29, 1.82) is 0 Å². The Kier molecular flexibility index (Phi) is 7.23. The Morgan fingerprint density at radius 2 is 2.18 bits per heavy atom.